The van der Waals surface area contributed by atoms with Gasteiger partial charge < -0.3 is 4.74 Å². The Morgan fingerprint density at radius 1 is 1.44 bits per heavy atom. The van der Waals surface area contributed by atoms with Crippen molar-refractivity contribution < 1.29 is 4.74 Å². The average molecular weight is 218 g/mol. The van der Waals surface area contributed by atoms with E-state index in [0.717, 1.165) is 17.7 Å². The second-order valence-electron chi connectivity index (χ2n) is 4.30. The summed E-state index contributed by atoms with van der Waals surface area (Å²) in [4.78, 5) is 0. The highest BCUT2D eigenvalue weighted by Gasteiger charge is 2.05. The van der Waals surface area contributed by atoms with Crippen LogP contribution in [-0.2, 0) is 0 Å². The van der Waals surface area contributed by atoms with Crippen LogP contribution in [-0.4, -0.2) is 6.10 Å². The number of ether oxygens (including phenoxy) is 1. The fourth-order valence-corrected chi connectivity index (χ4v) is 1.70. The molecule has 0 saturated heterocycles. The van der Waals surface area contributed by atoms with Crippen LogP contribution in [0.1, 0.15) is 44.2 Å². The maximum absolute atomic E-state index is 5.91. The largest absolute Gasteiger partial charge is 0.490 e. The summed E-state index contributed by atoms with van der Waals surface area (Å²) < 4.78 is 5.91. The zero-order valence-electron chi connectivity index (χ0n) is 10.6. The molecule has 16 heavy (non-hydrogen) atoms. The quantitative estimate of drug-likeness (QED) is 0.678. The molecule has 1 rings (SSSR count). The number of rotatable bonds is 6. The van der Waals surface area contributed by atoms with Crippen molar-refractivity contribution in [3.8, 4) is 5.75 Å². The molecule has 1 heteroatoms. The molecule has 1 nitrogen and oxygen atoms in total. The van der Waals surface area contributed by atoms with Crippen molar-refractivity contribution in [2.45, 2.75) is 46.1 Å². The molecule has 0 heterocycles. The Bertz CT molecular complexity index is 341. The zero-order chi connectivity index (χ0) is 12.0. The first kappa shape index (κ1) is 12.8. The fourth-order valence-electron chi connectivity index (χ4n) is 1.70. The van der Waals surface area contributed by atoms with Gasteiger partial charge in [-0.15, -0.1) is 0 Å². The number of hydrogen-bond donors (Lipinski definition) is 0. The van der Waals surface area contributed by atoms with Crippen LogP contribution in [0.2, 0.25) is 0 Å². The third kappa shape index (κ3) is 3.73. The van der Waals surface area contributed by atoms with E-state index in [-0.39, 0.29) is 0 Å². The minimum Gasteiger partial charge on any atom is -0.490 e. The van der Waals surface area contributed by atoms with Crippen LogP contribution >= 0.6 is 0 Å². The Balaban J connectivity index is 2.63. The topological polar surface area (TPSA) is 9.23 Å². The van der Waals surface area contributed by atoms with Crippen LogP contribution in [0.15, 0.2) is 24.8 Å². The van der Waals surface area contributed by atoms with Gasteiger partial charge in [-0.2, -0.15) is 0 Å². The summed E-state index contributed by atoms with van der Waals surface area (Å²) in [7, 11) is 0. The molecule has 1 atom stereocenters. The standard InChI is InChI=1S/C15H22O/c1-5-7-8-13(4)16-15-10-9-14(6-2)11-12(15)3/h6,9-11,13H,2,5,7-8H2,1,3-4H3. The molecule has 1 aromatic rings. The van der Waals surface area contributed by atoms with Gasteiger partial charge in [0.05, 0.1) is 6.10 Å². The van der Waals surface area contributed by atoms with Crippen molar-refractivity contribution in [3.05, 3.63) is 35.9 Å². The third-order valence-electron chi connectivity index (χ3n) is 2.73. The monoisotopic (exact) mass is 218 g/mol. The summed E-state index contributed by atoms with van der Waals surface area (Å²) in [5.74, 6) is 0.995. The van der Waals surface area contributed by atoms with Crippen molar-refractivity contribution in [2.75, 3.05) is 0 Å². The molecule has 1 unspecified atom stereocenters. The number of benzene rings is 1. The maximum atomic E-state index is 5.91. The van der Waals surface area contributed by atoms with E-state index in [1.807, 2.05) is 18.2 Å². The highest BCUT2D eigenvalue weighted by molar-refractivity contribution is 5.51. The predicted octanol–water partition coefficient (Wildman–Crippen LogP) is 4.60. The van der Waals surface area contributed by atoms with Crippen LogP contribution in [0.25, 0.3) is 6.08 Å². The Hall–Kier alpha value is -1.24. The second-order valence-corrected chi connectivity index (χ2v) is 4.30. The summed E-state index contributed by atoms with van der Waals surface area (Å²) >= 11 is 0. The van der Waals surface area contributed by atoms with E-state index in [2.05, 4.69) is 33.4 Å². The molecule has 0 aromatic heterocycles. The molecule has 0 aliphatic carbocycles. The van der Waals surface area contributed by atoms with E-state index < -0.39 is 0 Å². The fraction of sp³-hybridized carbons (Fsp3) is 0.467. The first-order valence-corrected chi connectivity index (χ1v) is 6.07. The molecule has 0 radical (unpaired) electrons. The van der Waals surface area contributed by atoms with Gasteiger partial charge in [0.1, 0.15) is 5.75 Å². The van der Waals surface area contributed by atoms with Gasteiger partial charge in [0, 0.05) is 0 Å². The molecular formula is C15H22O. The van der Waals surface area contributed by atoms with Gasteiger partial charge in [-0.3, -0.25) is 0 Å². The molecule has 88 valence electrons. The Morgan fingerprint density at radius 3 is 2.75 bits per heavy atom. The predicted molar refractivity (Wildman–Crippen MR) is 70.9 cm³/mol. The van der Waals surface area contributed by atoms with Crippen molar-refractivity contribution in [1.82, 2.24) is 0 Å². The van der Waals surface area contributed by atoms with Crippen LogP contribution < -0.4 is 4.74 Å². The van der Waals surface area contributed by atoms with Gasteiger partial charge >= 0.3 is 0 Å². The van der Waals surface area contributed by atoms with Gasteiger partial charge in [-0.1, -0.05) is 38.5 Å². The van der Waals surface area contributed by atoms with E-state index in [0.29, 0.717) is 6.10 Å². The third-order valence-corrected chi connectivity index (χ3v) is 2.73. The lowest BCUT2D eigenvalue weighted by Gasteiger charge is -2.16. The molecule has 0 saturated carbocycles. The lowest BCUT2D eigenvalue weighted by atomic mass is 10.1. The molecule has 0 aliphatic rings. The van der Waals surface area contributed by atoms with E-state index in [1.165, 1.54) is 18.4 Å². The minimum absolute atomic E-state index is 0.299. The summed E-state index contributed by atoms with van der Waals surface area (Å²) in [6.45, 7) is 10.2. The van der Waals surface area contributed by atoms with Gasteiger partial charge in [0.2, 0.25) is 0 Å². The first-order chi connectivity index (χ1) is 7.67. The smallest absolute Gasteiger partial charge is 0.122 e. The number of aryl methyl sites for hydroxylation is 1. The number of hydrogen-bond acceptors (Lipinski definition) is 1. The van der Waals surface area contributed by atoms with Crippen LogP contribution in [0.5, 0.6) is 5.75 Å². The van der Waals surface area contributed by atoms with Gasteiger partial charge in [0.15, 0.2) is 0 Å². The van der Waals surface area contributed by atoms with Crippen LogP contribution in [0.4, 0.5) is 0 Å². The Labute approximate surface area is 99.1 Å². The van der Waals surface area contributed by atoms with E-state index >= 15 is 0 Å². The highest BCUT2D eigenvalue weighted by Crippen LogP contribution is 2.22. The molecular weight excluding hydrogens is 196 g/mol. The first-order valence-electron chi connectivity index (χ1n) is 6.07. The van der Waals surface area contributed by atoms with Gasteiger partial charge in [0.25, 0.3) is 0 Å². The highest BCUT2D eigenvalue weighted by atomic mass is 16.5. The molecule has 0 spiro atoms. The maximum Gasteiger partial charge on any atom is 0.122 e. The van der Waals surface area contributed by atoms with Gasteiger partial charge in [-0.25, -0.2) is 0 Å². The van der Waals surface area contributed by atoms with E-state index in [1.54, 1.807) is 0 Å². The summed E-state index contributed by atoms with van der Waals surface area (Å²) in [5, 5.41) is 0. The van der Waals surface area contributed by atoms with E-state index in [4.69, 9.17) is 4.74 Å². The van der Waals surface area contributed by atoms with Crippen molar-refractivity contribution in [2.24, 2.45) is 0 Å². The average Bonchev–Trinajstić information content (AvgIpc) is 2.29. The minimum atomic E-state index is 0.299. The molecule has 0 amide bonds. The van der Waals surface area contributed by atoms with Crippen LogP contribution in [0, 0.1) is 6.92 Å². The lowest BCUT2D eigenvalue weighted by molar-refractivity contribution is 0.206. The Morgan fingerprint density at radius 2 is 2.19 bits per heavy atom. The normalized spacial score (nSPS) is 12.2. The Kier molecular flexibility index (Phi) is 5.10. The summed E-state index contributed by atoms with van der Waals surface area (Å²) in [6.07, 6.45) is 5.73. The van der Waals surface area contributed by atoms with E-state index in [9.17, 15) is 0 Å². The van der Waals surface area contributed by atoms with Crippen molar-refractivity contribution in [3.63, 3.8) is 0 Å². The summed E-state index contributed by atoms with van der Waals surface area (Å²) in [5.41, 5.74) is 2.33. The zero-order valence-corrected chi connectivity index (χ0v) is 10.6. The molecule has 0 aliphatic heterocycles. The molecule has 1 aromatic carbocycles. The second kappa shape index (κ2) is 6.37. The SMILES string of the molecule is C=Cc1ccc(OC(C)CCCC)c(C)c1. The van der Waals surface area contributed by atoms with Gasteiger partial charge in [-0.05, 0) is 43.5 Å². The van der Waals surface area contributed by atoms with Crippen LogP contribution in [0.3, 0.4) is 0 Å². The van der Waals surface area contributed by atoms with Crippen molar-refractivity contribution in [1.29, 1.82) is 0 Å². The number of unbranched alkanes of at least 4 members (excludes halogenated alkanes) is 1. The molecule has 0 N–H and O–H groups in total. The van der Waals surface area contributed by atoms with Crippen molar-refractivity contribution >= 4 is 6.08 Å². The summed E-state index contributed by atoms with van der Waals surface area (Å²) in [6, 6.07) is 6.19. The molecule has 0 bridgehead atoms. The molecule has 0 fully saturated rings. The lowest BCUT2D eigenvalue weighted by Crippen LogP contribution is -2.12.